The third-order valence-corrected chi connectivity index (χ3v) is 1.38. The first-order chi connectivity index (χ1) is 5.79. The van der Waals surface area contributed by atoms with Crippen LogP contribution in [0.4, 0.5) is 21.7 Å². The molecule has 0 aromatic heterocycles. The van der Waals surface area contributed by atoms with Gasteiger partial charge >= 0.3 is 7.25 Å². The van der Waals surface area contributed by atoms with E-state index in [1.165, 1.54) is 12.1 Å². The van der Waals surface area contributed by atoms with E-state index >= 15 is 0 Å². The molecule has 0 aliphatic heterocycles. The van der Waals surface area contributed by atoms with Crippen LogP contribution in [0, 0.1) is 5.82 Å². The molecule has 0 aliphatic carbocycles. The minimum absolute atomic E-state index is 0.166. The SMILES string of the molecule is F[B-](F)(F)F.Fc1ccc([PH3+])cc1. The van der Waals surface area contributed by atoms with Gasteiger partial charge in [0.2, 0.25) is 0 Å². The summed E-state index contributed by atoms with van der Waals surface area (Å²) in [5.74, 6) is -0.166. The molecular formula is C6H7BF5P. The van der Waals surface area contributed by atoms with Crippen LogP contribution in [-0.2, 0) is 0 Å². The van der Waals surface area contributed by atoms with Crippen molar-refractivity contribution in [2.75, 3.05) is 0 Å². The van der Waals surface area contributed by atoms with E-state index in [4.69, 9.17) is 0 Å². The van der Waals surface area contributed by atoms with Gasteiger partial charge in [0.15, 0.2) is 0 Å². The second-order valence-electron chi connectivity index (χ2n) is 2.12. The Hall–Kier alpha value is -0.635. The standard InChI is InChI=1S/C6H6FP.BF4/c7-5-1-3-6(8)4-2-5;2-1(3,4)5/h1-4H,8H2;/q;-1/p+1. The molecule has 13 heavy (non-hydrogen) atoms. The lowest BCUT2D eigenvalue weighted by Gasteiger charge is -1.94. The summed E-state index contributed by atoms with van der Waals surface area (Å²) in [4.78, 5) is 0. The van der Waals surface area contributed by atoms with Gasteiger partial charge in [0.25, 0.3) is 0 Å². The average molecular weight is 216 g/mol. The number of halogens is 5. The molecule has 1 rings (SSSR count). The van der Waals surface area contributed by atoms with Crippen molar-refractivity contribution >= 4 is 21.8 Å². The Kier molecular flexibility index (Phi) is 4.92. The molecule has 74 valence electrons. The Balaban J connectivity index is 0.000000252. The van der Waals surface area contributed by atoms with E-state index in [0.717, 1.165) is 5.30 Å². The first-order valence-electron chi connectivity index (χ1n) is 3.24. The highest BCUT2D eigenvalue weighted by Crippen LogP contribution is 2.06. The van der Waals surface area contributed by atoms with E-state index in [0.29, 0.717) is 0 Å². The Labute approximate surface area is 74.5 Å². The summed E-state index contributed by atoms with van der Waals surface area (Å²) in [5, 5.41) is 1.12. The van der Waals surface area contributed by atoms with Crippen molar-refractivity contribution in [3.8, 4) is 0 Å². The Morgan fingerprint density at radius 1 is 0.923 bits per heavy atom. The van der Waals surface area contributed by atoms with Crippen LogP contribution >= 0.6 is 9.24 Å². The lowest BCUT2D eigenvalue weighted by atomic mass is 10.3. The highest BCUT2D eigenvalue weighted by Gasteiger charge is 2.20. The zero-order chi connectivity index (χ0) is 10.5. The van der Waals surface area contributed by atoms with Gasteiger partial charge in [0.1, 0.15) is 5.82 Å². The van der Waals surface area contributed by atoms with Crippen LogP contribution in [0.1, 0.15) is 0 Å². The molecule has 1 atom stereocenters. The molecule has 0 saturated heterocycles. The number of hydrogen-bond acceptors (Lipinski definition) is 0. The summed E-state index contributed by atoms with van der Waals surface area (Å²) in [6.45, 7) is 0. The molecular weight excluding hydrogens is 209 g/mol. The molecule has 1 aromatic carbocycles. The molecule has 0 spiro atoms. The van der Waals surface area contributed by atoms with Gasteiger partial charge in [-0.25, -0.2) is 4.39 Å². The average Bonchev–Trinajstić information content (AvgIpc) is 1.92. The van der Waals surface area contributed by atoms with Gasteiger partial charge in [0, 0.05) is 9.24 Å². The third kappa shape index (κ3) is 11.4. The van der Waals surface area contributed by atoms with Gasteiger partial charge in [0.05, 0.1) is 5.30 Å². The first-order valence-corrected chi connectivity index (χ1v) is 3.94. The van der Waals surface area contributed by atoms with E-state index in [-0.39, 0.29) is 5.82 Å². The maximum atomic E-state index is 12.1. The quantitative estimate of drug-likeness (QED) is 0.354. The van der Waals surface area contributed by atoms with E-state index in [2.05, 4.69) is 0 Å². The van der Waals surface area contributed by atoms with Crippen LogP contribution in [0.3, 0.4) is 0 Å². The summed E-state index contributed by atoms with van der Waals surface area (Å²) < 4.78 is 51.1. The van der Waals surface area contributed by atoms with E-state index in [9.17, 15) is 21.7 Å². The summed E-state index contributed by atoms with van der Waals surface area (Å²) in [6, 6.07) is 6.44. The van der Waals surface area contributed by atoms with E-state index < -0.39 is 7.25 Å². The summed E-state index contributed by atoms with van der Waals surface area (Å²) in [5.41, 5.74) is 0. The predicted octanol–water partition coefficient (Wildman–Crippen LogP) is 2.36. The van der Waals surface area contributed by atoms with Crippen molar-refractivity contribution in [1.82, 2.24) is 0 Å². The van der Waals surface area contributed by atoms with Crippen LogP contribution in [0.2, 0.25) is 0 Å². The topological polar surface area (TPSA) is 0 Å². The molecule has 0 bridgehead atoms. The van der Waals surface area contributed by atoms with Gasteiger partial charge in [-0.2, -0.15) is 0 Å². The zero-order valence-electron chi connectivity index (χ0n) is 6.48. The van der Waals surface area contributed by atoms with Crippen LogP contribution in [0.5, 0.6) is 0 Å². The van der Waals surface area contributed by atoms with Crippen LogP contribution in [0.15, 0.2) is 24.3 Å². The fraction of sp³-hybridized carbons (Fsp3) is 0. The molecule has 7 heteroatoms. The second-order valence-corrected chi connectivity index (χ2v) is 2.94. The van der Waals surface area contributed by atoms with Gasteiger partial charge in [-0.05, 0) is 24.3 Å². The summed E-state index contributed by atoms with van der Waals surface area (Å²) in [6.07, 6.45) is 0. The number of benzene rings is 1. The van der Waals surface area contributed by atoms with Crippen LogP contribution < -0.4 is 5.30 Å². The molecule has 0 N–H and O–H groups in total. The zero-order valence-corrected chi connectivity index (χ0v) is 7.90. The minimum atomic E-state index is -6.00. The lowest BCUT2D eigenvalue weighted by Crippen LogP contribution is -2.02. The molecule has 1 unspecified atom stereocenters. The number of rotatable bonds is 0. The molecule has 0 saturated carbocycles. The van der Waals surface area contributed by atoms with Crippen molar-refractivity contribution < 1.29 is 21.7 Å². The van der Waals surface area contributed by atoms with Crippen molar-refractivity contribution in [2.45, 2.75) is 0 Å². The maximum absolute atomic E-state index is 12.1. The maximum Gasteiger partial charge on any atom is 0.673 e. The van der Waals surface area contributed by atoms with Crippen molar-refractivity contribution in [1.29, 1.82) is 0 Å². The van der Waals surface area contributed by atoms with Gasteiger partial charge < -0.3 is 17.3 Å². The Morgan fingerprint density at radius 3 is 1.46 bits per heavy atom. The van der Waals surface area contributed by atoms with E-state index in [1.54, 1.807) is 21.4 Å². The molecule has 0 fully saturated rings. The minimum Gasteiger partial charge on any atom is -0.418 e. The number of hydrogen-bond donors (Lipinski definition) is 0. The smallest absolute Gasteiger partial charge is 0.418 e. The van der Waals surface area contributed by atoms with Crippen molar-refractivity contribution in [3.05, 3.63) is 30.1 Å². The first kappa shape index (κ1) is 12.4. The molecule has 0 heterocycles. The molecule has 0 nitrogen and oxygen atoms in total. The van der Waals surface area contributed by atoms with Crippen molar-refractivity contribution in [2.24, 2.45) is 0 Å². The van der Waals surface area contributed by atoms with Gasteiger partial charge in [-0.1, -0.05) is 0 Å². The lowest BCUT2D eigenvalue weighted by molar-refractivity contribution is 0.368. The fourth-order valence-electron chi connectivity index (χ4n) is 0.484. The third-order valence-electron chi connectivity index (χ3n) is 0.913. The van der Waals surface area contributed by atoms with Crippen LogP contribution in [-0.4, -0.2) is 7.25 Å². The van der Waals surface area contributed by atoms with Crippen LogP contribution in [0.25, 0.3) is 0 Å². The Morgan fingerprint density at radius 2 is 1.23 bits per heavy atom. The monoisotopic (exact) mass is 216 g/mol. The fourth-order valence-corrected chi connectivity index (χ4v) is 0.720. The Bertz CT molecular complexity index is 217. The van der Waals surface area contributed by atoms with E-state index in [1.807, 2.05) is 0 Å². The van der Waals surface area contributed by atoms with Gasteiger partial charge in [-0.15, -0.1) is 0 Å². The molecule has 0 amide bonds. The molecule has 1 aromatic rings. The molecule has 0 radical (unpaired) electrons. The van der Waals surface area contributed by atoms with Gasteiger partial charge in [-0.3, -0.25) is 0 Å². The highest BCUT2D eigenvalue weighted by atomic mass is 31.0. The molecule has 0 aliphatic rings. The largest absolute Gasteiger partial charge is 0.673 e. The second kappa shape index (κ2) is 5.17. The summed E-state index contributed by atoms with van der Waals surface area (Å²) in [7, 11) is -4.26. The highest BCUT2D eigenvalue weighted by molar-refractivity contribution is 7.27. The normalized spacial score (nSPS) is 10.5. The summed E-state index contributed by atoms with van der Waals surface area (Å²) >= 11 is 0. The predicted molar refractivity (Wildman–Crippen MR) is 47.3 cm³/mol. The van der Waals surface area contributed by atoms with Crippen molar-refractivity contribution in [3.63, 3.8) is 0 Å².